The molecule has 1 saturated carbocycles. The number of aromatic nitrogens is 1. The van der Waals surface area contributed by atoms with Gasteiger partial charge in [0, 0.05) is 22.8 Å². The van der Waals surface area contributed by atoms with Crippen molar-refractivity contribution in [2.75, 3.05) is 0 Å². The Kier molecular flexibility index (Phi) is 4.18. The van der Waals surface area contributed by atoms with Gasteiger partial charge in [0.05, 0.1) is 5.69 Å². The molecule has 1 aliphatic rings. The van der Waals surface area contributed by atoms with Crippen LogP contribution in [0, 0.1) is 0 Å². The Balaban J connectivity index is 1.54. The molecule has 0 unspecified atom stereocenters. The van der Waals surface area contributed by atoms with E-state index in [2.05, 4.69) is 63.5 Å². The van der Waals surface area contributed by atoms with Crippen LogP contribution in [-0.2, 0) is 0 Å². The molecule has 0 saturated heterocycles. The smallest absolute Gasteiger partial charge is 0.0570 e. The molecule has 0 bridgehead atoms. The van der Waals surface area contributed by atoms with Gasteiger partial charge in [-0.1, -0.05) is 34.1 Å². The molecule has 1 aromatic carbocycles. The fraction of sp³-hybridized carbons (Fsp3) is 0.353. The molecular formula is C17H19BrN2. The highest BCUT2D eigenvalue weighted by atomic mass is 79.9. The van der Waals surface area contributed by atoms with E-state index in [9.17, 15) is 0 Å². The van der Waals surface area contributed by atoms with Gasteiger partial charge < -0.3 is 5.32 Å². The quantitative estimate of drug-likeness (QED) is 0.896. The highest BCUT2D eigenvalue weighted by Crippen LogP contribution is 2.38. The van der Waals surface area contributed by atoms with Gasteiger partial charge in [-0.25, -0.2) is 0 Å². The number of rotatable bonds is 4. The zero-order valence-electron chi connectivity index (χ0n) is 11.6. The minimum Gasteiger partial charge on any atom is -0.306 e. The minimum atomic E-state index is 0.324. The molecule has 2 nitrogen and oxygen atoms in total. The van der Waals surface area contributed by atoms with Crippen molar-refractivity contribution >= 4 is 15.9 Å². The van der Waals surface area contributed by atoms with Gasteiger partial charge in [0.25, 0.3) is 0 Å². The summed E-state index contributed by atoms with van der Waals surface area (Å²) in [6.45, 7) is 2.19. The highest BCUT2D eigenvalue weighted by Gasteiger charge is 2.31. The summed E-state index contributed by atoms with van der Waals surface area (Å²) in [7, 11) is 0. The van der Waals surface area contributed by atoms with Gasteiger partial charge in [0.15, 0.2) is 0 Å². The summed E-state index contributed by atoms with van der Waals surface area (Å²) in [5.41, 5.74) is 2.57. The van der Waals surface area contributed by atoms with Gasteiger partial charge in [0.2, 0.25) is 0 Å². The summed E-state index contributed by atoms with van der Waals surface area (Å²) >= 11 is 3.55. The van der Waals surface area contributed by atoms with E-state index in [-0.39, 0.29) is 0 Å². The molecule has 104 valence electrons. The molecule has 0 radical (unpaired) electrons. The Bertz CT molecular complexity index is 564. The summed E-state index contributed by atoms with van der Waals surface area (Å²) in [5.74, 6) is 0.695. The Labute approximate surface area is 128 Å². The molecule has 3 heteroatoms. The standard InChI is InChI=1S/C17H19BrN2/c1-12(17-7-2-3-8-19-17)20-16-10-14(11-16)13-5-4-6-15(18)9-13/h2-9,12,14,16,20H,10-11H2,1H3/t12-,14?,16?/m0/s1. The Morgan fingerprint density at radius 2 is 2.05 bits per heavy atom. The minimum absolute atomic E-state index is 0.324. The molecule has 3 rings (SSSR count). The van der Waals surface area contributed by atoms with E-state index < -0.39 is 0 Å². The van der Waals surface area contributed by atoms with Crippen molar-refractivity contribution in [1.82, 2.24) is 10.3 Å². The van der Waals surface area contributed by atoms with Crippen LogP contribution in [0.3, 0.4) is 0 Å². The van der Waals surface area contributed by atoms with Crippen molar-refractivity contribution in [3.63, 3.8) is 0 Å². The van der Waals surface area contributed by atoms with Crippen molar-refractivity contribution in [1.29, 1.82) is 0 Å². The Morgan fingerprint density at radius 3 is 2.75 bits per heavy atom. The van der Waals surface area contributed by atoms with E-state index in [1.165, 1.54) is 22.9 Å². The molecule has 2 aromatic rings. The number of halogens is 1. The van der Waals surface area contributed by atoms with Crippen LogP contribution in [0.4, 0.5) is 0 Å². The summed E-state index contributed by atoms with van der Waals surface area (Å²) in [6, 6.07) is 15.7. The summed E-state index contributed by atoms with van der Waals surface area (Å²) in [5, 5.41) is 3.67. The Morgan fingerprint density at radius 1 is 1.20 bits per heavy atom. The first-order valence-electron chi connectivity index (χ1n) is 7.15. The largest absolute Gasteiger partial charge is 0.306 e. The van der Waals surface area contributed by atoms with Gasteiger partial charge >= 0.3 is 0 Å². The number of nitrogens with zero attached hydrogens (tertiary/aromatic N) is 1. The van der Waals surface area contributed by atoms with Crippen LogP contribution in [0.1, 0.15) is 43.0 Å². The second-order valence-electron chi connectivity index (χ2n) is 5.56. The van der Waals surface area contributed by atoms with Crippen molar-refractivity contribution < 1.29 is 0 Å². The molecule has 1 fully saturated rings. The number of nitrogens with one attached hydrogen (secondary N) is 1. The maximum absolute atomic E-state index is 4.41. The molecule has 1 heterocycles. The maximum Gasteiger partial charge on any atom is 0.0570 e. The van der Waals surface area contributed by atoms with E-state index in [0.29, 0.717) is 18.0 Å². The number of benzene rings is 1. The molecule has 0 aliphatic heterocycles. The lowest BCUT2D eigenvalue weighted by Gasteiger charge is -2.38. The lowest BCUT2D eigenvalue weighted by Crippen LogP contribution is -2.41. The third kappa shape index (κ3) is 3.10. The predicted molar refractivity (Wildman–Crippen MR) is 85.7 cm³/mol. The van der Waals surface area contributed by atoms with Crippen LogP contribution in [0.2, 0.25) is 0 Å². The monoisotopic (exact) mass is 330 g/mol. The van der Waals surface area contributed by atoms with E-state index >= 15 is 0 Å². The lowest BCUT2D eigenvalue weighted by molar-refractivity contribution is 0.269. The van der Waals surface area contributed by atoms with Gasteiger partial charge in [-0.05, 0) is 55.5 Å². The first-order chi connectivity index (χ1) is 9.72. The van der Waals surface area contributed by atoms with E-state index in [4.69, 9.17) is 0 Å². The van der Waals surface area contributed by atoms with Crippen LogP contribution in [-0.4, -0.2) is 11.0 Å². The molecule has 1 N–H and O–H groups in total. The van der Waals surface area contributed by atoms with Gasteiger partial charge in [0.1, 0.15) is 0 Å². The van der Waals surface area contributed by atoms with Crippen molar-refractivity contribution in [2.45, 2.75) is 37.8 Å². The van der Waals surface area contributed by atoms with E-state index in [1.807, 2.05) is 18.3 Å². The summed E-state index contributed by atoms with van der Waals surface area (Å²) in [6.07, 6.45) is 4.29. The average molecular weight is 331 g/mol. The zero-order valence-corrected chi connectivity index (χ0v) is 13.2. The number of hydrogen-bond acceptors (Lipinski definition) is 2. The summed E-state index contributed by atoms with van der Waals surface area (Å²) in [4.78, 5) is 4.41. The topological polar surface area (TPSA) is 24.9 Å². The van der Waals surface area contributed by atoms with E-state index in [0.717, 1.165) is 5.69 Å². The number of pyridine rings is 1. The van der Waals surface area contributed by atoms with Gasteiger partial charge in [-0.15, -0.1) is 0 Å². The first-order valence-corrected chi connectivity index (χ1v) is 7.94. The zero-order chi connectivity index (χ0) is 13.9. The van der Waals surface area contributed by atoms with Crippen LogP contribution in [0.15, 0.2) is 53.1 Å². The molecule has 0 spiro atoms. The van der Waals surface area contributed by atoms with Crippen LogP contribution < -0.4 is 5.32 Å². The molecule has 20 heavy (non-hydrogen) atoms. The van der Waals surface area contributed by atoms with Crippen LogP contribution in [0.25, 0.3) is 0 Å². The van der Waals surface area contributed by atoms with Gasteiger partial charge in [-0.2, -0.15) is 0 Å². The molecule has 1 aliphatic carbocycles. The second-order valence-corrected chi connectivity index (χ2v) is 6.48. The predicted octanol–water partition coefficient (Wildman–Crippen LogP) is 4.44. The SMILES string of the molecule is C[C@H](NC1CC(c2cccc(Br)c2)C1)c1ccccn1. The second kappa shape index (κ2) is 6.06. The third-order valence-electron chi connectivity index (χ3n) is 4.08. The normalized spacial score (nSPS) is 23.1. The highest BCUT2D eigenvalue weighted by molar-refractivity contribution is 9.10. The lowest BCUT2D eigenvalue weighted by atomic mass is 9.75. The molecule has 0 amide bonds. The van der Waals surface area contributed by atoms with Crippen LogP contribution in [0.5, 0.6) is 0 Å². The molecule has 1 atom stereocenters. The maximum atomic E-state index is 4.41. The third-order valence-corrected chi connectivity index (χ3v) is 4.57. The van der Waals surface area contributed by atoms with Crippen molar-refractivity contribution in [2.24, 2.45) is 0 Å². The van der Waals surface area contributed by atoms with Crippen molar-refractivity contribution in [3.05, 3.63) is 64.4 Å². The van der Waals surface area contributed by atoms with Crippen LogP contribution >= 0.6 is 15.9 Å². The summed E-state index contributed by atoms with van der Waals surface area (Å²) < 4.78 is 1.17. The molecular weight excluding hydrogens is 312 g/mol. The Hall–Kier alpha value is -1.19. The molecule has 1 aromatic heterocycles. The average Bonchev–Trinajstić information content (AvgIpc) is 2.43. The van der Waals surface area contributed by atoms with Gasteiger partial charge in [-0.3, -0.25) is 4.98 Å². The van der Waals surface area contributed by atoms with E-state index in [1.54, 1.807) is 0 Å². The fourth-order valence-electron chi connectivity index (χ4n) is 2.86. The first kappa shape index (κ1) is 13.8. The van der Waals surface area contributed by atoms with Crippen molar-refractivity contribution in [3.8, 4) is 0 Å². The fourth-order valence-corrected chi connectivity index (χ4v) is 3.27. The number of hydrogen-bond donors (Lipinski definition) is 1.